The number of hydrogen-bond acceptors (Lipinski definition) is 8. The molecule has 1 aliphatic rings. The summed E-state index contributed by atoms with van der Waals surface area (Å²) in [5.41, 5.74) is -1.20. The first-order valence-corrected chi connectivity index (χ1v) is 8.04. The van der Waals surface area contributed by atoms with E-state index in [1.54, 1.807) is 30.6 Å². The van der Waals surface area contributed by atoms with E-state index in [9.17, 15) is 14.4 Å². The molecule has 2 heterocycles. The van der Waals surface area contributed by atoms with Gasteiger partial charge >= 0.3 is 18.0 Å². The summed E-state index contributed by atoms with van der Waals surface area (Å²) < 4.78 is 9.92. The highest BCUT2D eigenvalue weighted by Crippen LogP contribution is 2.17. The maximum atomic E-state index is 12.1. The van der Waals surface area contributed by atoms with Gasteiger partial charge in [-0.3, -0.25) is 0 Å². The van der Waals surface area contributed by atoms with Crippen LogP contribution in [0.3, 0.4) is 0 Å². The van der Waals surface area contributed by atoms with Crippen molar-refractivity contribution in [2.45, 2.75) is 26.4 Å². The van der Waals surface area contributed by atoms with E-state index in [1.165, 1.54) is 0 Å². The lowest BCUT2D eigenvalue weighted by Gasteiger charge is -2.35. The number of aromatic nitrogens is 2. The van der Waals surface area contributed by atoms with Crippen molar-refractivity contribution in [2.75, 3.05) is 38.2 Å². The van der Waals surface area contributed by atoms with Crippen molar-refractivity contribution < 1.29 is 29.0 Å². The number of hydrogen-bond donors (Lipinski definition) is 1. The Hall–Kier alpha value is -2.91. The molecule has 10 nitrogen and oxygen atoms in total. The van der Waals surface area contributed by atoms with Gasteiger partial charge in [0.1, 0.15) is 11.2 Å². The van der Waals surface area contributed by atoms with Gasteiger partial charge in [0.15, 0.2) is 5.69 Å². The number of carboxylic acids is 1. The molecule has 1 aromatic heterocycles. The summed E-state index contributed by atoms with van der Waals surface area (Å²) in [6, 6.07) is 0. The van der Waals surface area contributed by atoms with Crippen LogP contribution >= 0.6 is 0 Å². The average Bonchev–Trinajstić information content (AvgIpc) is 2.59. The van der Waals surface area contributed by atoms with Gasteiger partial charge in [0.05, 0.1) is 7.11 Å². The first-order chi connectivity index (χ1) is 12.1. The summed E-state index contributed by atoms with van der Waals surface area (Å²) in [6.45, 7) is 7.03. The summed E-state index contributed by atoms with van der Waals surface area (Å²) in [4.78, 5) is 46.5. The predicted molar refractivity (Wildman–Crippen MR) is 90.4 cm³/mol. The molecule has 0 unspecified atom stereocenters. The van der Waals surface area contributed by atoms with Crippen molar-refractivity contribution in [2.24, 2.45) is 0 Å². The molecule has 1 aromatic rings. The van der Waals surface area contributed by atoms with Crippen molar-refractivity contribution in [3.05, 3.63) is 17.5 Å². The fraction of sp³-hybridized carbons (Fsp3) is 0.562. The van der Waals surface area contributed by atoms with Gasteiger partial charge in [-0.25, -0.2) is 24.4 Å². The quantitative estimate of drug-likeness (QED) is 0.781. The molecule has 0 saturated carbocycles. The minimum atomic E-state index is -1.31. The molecule has 26 heavy (non-hydrogen) atoms. The number of anilines is 1. The van der Waals surface area contributed by atoms with Crippen LogP contribution in [-0.4, -0.2) is 76.9 Å². The Morgan fingerprint density at radius 3 is 2.27 bits per heavy atom. The number of esters is 1. The van der Waals surface area contributed by atoms with Crippen molar-refractivity contribution in [3.8, 4) is 0 Å². The van der Waals surface area contributed by atoms with Gasteiger partial charge in [0.2, 0.25) is 5.95 Å². The number of methoxy groups -OCH3 is 1. The number of amides is 1. The topological polar surface area (TPSA) is 122 Å². The number of carboxylic acid groups (broad SMARTS) is 1. The second-order valence-corrected chi connectivity index (χ2v) is 6.68. The summed E-state index contributed by atoms with van der Waals surface area (Å²) >= 11 is 0. The van der Waals surface area contributed by atoms with Gasteiger partial charge < -0.3 is 24.4 Å². The Morgan fingerprint density at radius 1 is 1.15 bits per heavy atom. The van der Waals surface area contributed by atoms with Crippen molar-refractivity contribution in [1.82, 2.24) is 14.9 Å². The highest BCUT2D eigenvalue weighted by Gasteiger charge is 2.28. The summed E-state index contributed by atoms with van der Waals surface area (Å²) in [5.74, 6) is -1.95. The Morgan fingerprint density at radius 2 is 1.77 bits per heavy atom. The molecule has 2 rings (SSSR count). The molecule has 0 spiro atoms. The molecule has 1 aliphatic heterocycles. The lowest BCUT2D eigenvalue weighted by Crippen LogP contribution is -2.50. The Bertz CT molecular complexity index is 707. The third-order valence-corrected chi connectivity index (χ3v) is 3.60. The zero-order chi connectivity index (χ0) is 19.5. The van der Waals surface area contributed by atoms with Crippen molar-refractivity contribution in [3.63, 3.8) is 0 Å². The Kier molecular flexibility index (Phi) is 5.63. The smallest absolute Gasteiger partial charge is 0.410 e. The number of rotatable bonds is 3. The van der Waals surface area contributed by atoms with E-state index in [-0.39, 0.29) is 17.2 Å². The van der Waals surface area contributed by atoms with Crippen LogP contribution in [0.2, 0.25) is 0 Å². The average molecular weight is 366 g/mol. The molecule has 1 amide bonds. The van der Waals surface area contributed by atoms with Crippen LogP contribution in [0.1, 0.15) is 41.6 Å². The van der Waals surface area contributed by atoms with Gasteiger partial charge in [0.25, 0.3) is 0 Å². The summed E-state index contributed by atoms with van der Waals surface area (Å²) in [7, 11) is 1.15. The van der Waals surface area contributed by atoms with Crippen LogP contribution in [0.4, 0.5) is 10.7 Å². The van der Waals surface area contributed by atoms with Crippen LogP contribution in [0.5, 0.6) is 0 Å². The number of piperazine rings is 1. The number of carbonyl (C=O) groups excluding carboxylic acids is 2. The normalized spacial score (nSPS) is 14.8. The molecule has 142 valence electrons. The Labute approximate surface area is 150 Å². The van der Waals surface area contributed by atoms with E-state index in [2.05, 4.69) is 14.7 Å². The molecule has 0 atom stereocenters. The molecular formula is C16H22N4O6. The lowest BCUT2D eigenvalue weighted by molar-refractivity contribution is 0.0239. The highest BCUT2D eigenvalue weighted by molar-refractivity contribution is 6.00. The first-order valence-electron chi connectivity index (χ1n) is 8.04. The molecule has 1 N–H and O–H groups in total. The molecule has 0 radical (unpaired) electrons. The van der Waals surface area contributed by atoms with Crippen LogP contribution in [0.25, 0.3) is 0 Å². The van der Waals surface area contributed by atoms with E-state index in [1.807, 2.05) is 0 Å². The molecule has 0 aromatic carbocycles. The SMILES string of the molecule is COC(=O)c1nc(N2CCN(C(=O)OC(C)(C)C)CC2)ncc1C(=O)O. The van der Waals surface area contributed by atoms with E-state index < -0.39 is 23.6 Å². The fourth-order valence-corrected chi connectivity index (χ4v) is 2.35. The Balaban J connectivity index is 2.11. The summed E-state index contributed by atoms with van der Waals surface area (Å²) in [5, 5.41) is 9.14. The van der Waals surface area contributed by atoms with E-state index >= 15 is 0 Å². The van der Waals surface area contributed by atoms with E-state index in [4.69, 9.17) is 9.84 Å². The van der Waals surface area contributed by atoms with Gasteiger partial charge in [-0.05, 0) is 20.8 Å². The molecular weight excluding hydrogens is 344 g/mol. The molecule has 10 heteroatoms. The largest absolute Gasteiger partial charge is 0.478 e. The third kappa shape index (κ3) is 4.58. The number of nitrogens with zero attached hydrogens (tertiary/aromatic N) is 4. The molecule has 0 aliphatic carbocycles. The minimum absolute atomic E-state index is 0.208. The molecule has 0 bridgehead atoms. The summed E-state index contributed by atoms with van der Waals surface area (Å²) in [6.07, 6.45) is 0.687. The van der Waals surface area contributed by atoms with Gasteiger partial charge in [-0.15, -0.1) is 0 Å². The van der Waals surface area contributed by atoms with Gasteiger partial charge in [0, 0.05) is 32.4 Å². The first kappa shape index (κ1) is 19.4. The van der Waals surface area contributed by atoms with E-state index in [0.717, 1.165) is 13.3 Å². The standard InChI is InChI=1S/C16H22N4O6/c1-16(2,3)26-15(24)20-7-5-19(6-8-20)14-17-9-10(12(21)22)11(18-14)13(23)25-4/h9H,5-8H2,1-4H3,(H,21,22). The zero-order valence-electron chi connectivity index (χ0n) is 15.2. The molecule has 1 saturated heterocycles. The van der Waals surface area contributed by atoms with Crippen LogP contribution in [0.15, 0.2) is 6.20 Å². The predicted octanol–water partition coefficient (Wildman–Crippen LogP) is 1.02. The number of carbonyl (C=O) groups is 3. The second-order valence-electron chi connectivity index (χ2n) is 6.68. The number of aromatic carboxylic acids is 1. The third-order valence-electron chi connectivity index (χ3n) is 3.60. The monoisotopic (exact) mass is 366 g/mol. The maximum Gasteiger partial charge on any atom is 0.410 e. The molecule has 1 fully saturated rings. The second kappa shape index (κ2) is 7.54. The van der Waals surface area contributed by atoms with Crippen molar-refractivity contribution in [1.29, 1.82) is 0 Å². The van der Waals surface area contributed by atoms with Crippen LogP contribution in [0, 0.1) is 0 Å². The van der Waals surface area contributed by atoms with Gasteiger partial charge in [-0.2, -0.15) is 0 Å². The zero-order valence-corrected chi connectivity index (χ0v) is 15.2. The highest BCUT2D eigenvalue weighted by atomic mass is 16.6. The van der Waals surface area contributed by atoms with E-state index in [0.29, 0.717) is 26.2 Å². The number of ether oxygens (including phenoxy) is 2. The fourth-order valence-electron chi connectivity index (χ4n) is 2.35. The lowest BCUT2D eigenvalue weighted by atomic mass is 10.2. The minimum Gasteiger partial charge on any atom is -0.478 e. The van der Waals surface area contributed by atoms with Crippen LogP contribution in [-0.2, 0) is 9.47 Å². The van der Waals surface area contributed by atoms with Gasteiger partial charge in [-0.1, -0.05) is 0 Å². The van der Waals surface area contributed by atoms with Crippen molar-refractivity contribution >= 4 is 24.0 Å². The van der Waals surface area contributed by atoms with Crippen LogP contribution < -0.4 is 4.90 Å². The maximum absolute atomic E-state index is 12.1.